The number of rotatable bonds is 3. The minimum atomic E-state index is -0.676. The number of carbonyl (C=O) groups excluding carboxylic acids is 2. The van der Waals surface area contributed by atoms with E-state index in [0.717, 1.165) is 0 Å². The number of hydrogen-bond donors (Lipinski definition) is 1. The molecule has 3 aromatic rings. The molecule has 0 spiro atoms. The molecule has 2 amide bonds. The highest BCUT2D eigenvalue weighted by Crippen LogP contribution is 2.29. The van der Waals surface area contributed by atoms with E-state index in [0.29, 0.717) is 26.9 Å². The molecular formula is C22H20Cl2N2O3. The summed E-state index contributed by atoms with van der Waals surface area (Å²) in [6.07, 6.45) is 0. The molecule has 0 aliphatic rings. The van der Waals surface area contributed by atoms with Gasteiger partial charge in [0.15, 0.2) is 5.76 Å². The zero-order valence-electron chi connectivity index (χ0n) is 16.2. The molecule has 1 aromatic heterocycles. The highest BCUT2D eigenvalue weighted by Gasteiger charge is 2.30. The summed E-state index contributed by atoms with van der Waals surface area (Å²) < 4.78 is 5.68. The molecule has 1 heterocycles. The Morgan fingerprint density at radius 1 is 0.931 bits per heavy atom. The Hall–Kier alpha value is -2.76. The number of furan rings is 1. The minimum absolute atomic E-state index is 0.0677. The number of carbonyl (C=O) groups is 2. The molecule has 29 heavy (non-hydrogen) atoms. The Balaban J connectivity index is 1.83. The molecule has 150 valence electrons. The normalized spacial score (nSPS) is 11.2. The smallest absolute Gasteiger partial charge is 0.305 e. The van der Waals surface area contributed by atoms with Crippen molar-refractivity contribution in [1.82, 2.24) is 10.4 Å². The fraction of sp³-hybridized carbons (Fsp3) is 0.182. The summed E-state index contributed by atoms with van der Waals surface area (Å²) in [7, 11) is 0. The van der Waals surface area contributed by atoms with E-state index in [1.807, 2.05) is 32.9 Å². The molecule has 0 bridgehead atoms. The molecule has 0 aliphatic carbocycles. The zero-order valence-corrected chi connectivity index (χ0v) is 17.7. The van der Waals surface area contributed by atoms with Gasteiger partial charge >= 0.3 is 5.91 Å². The van der Waals surface area contributed by atoms with Crippen molar-refractivity contribution in [2.24, 2.45) is 0 Å². The Kier molecular flexibility index (Phi) is 6.01. The molecule has 1 N–H and O–H groups in total. The van der Waals surface area contributed by atoms with Crippen LogP contribution in [0.15, 0.2) is 65.1 Å². The van der Waals surface area contributed by atoms with Gasteiger partial charge in [-0.25, -0.2) is 5.01 Å². The van der Waals surface area contributed by atoms with Gasteiger partial charge in [-0.05, 0) is 69.3 Å². The van der Waals surface area contributed by atoms with Crippen LogP contribution in [0.5, 0.6) is 0 Å². The van der Waals surface area contributed by atoms with Crippen LogP contribution >= 0.6 is 23.2 Å². The van der Waals surface area contributed by atoms with Gasteiger partial charge in [-0.3, -0.25) is 15.0 Å². The second kappa shape index (κ2) is 8.31. The lowest BCUT2D eigenvalue weighted by molar-refractivity contribution is 0.0349. The highest BCUT2D eigenvalue weighted by atomic mass is 35.5. The Morgan fingerprint density at radius 2 is 1.59 bits per heavy atom. The molecule has 0 saturated carbocycles. The lowest BCUT2D eigenvalue weighted by Gasteiger charge is -2.35. The number of amides is 2. The van der Waals surface area contributed by atoms with Crippen molar-refractivity contribution in [3.63, 3.8) is 0 Å². The van der Waals surface area contributed by atoms with Crippen LogP contribution < -0.4 is 5.43 Å². The van der Waals surface area contributed by atoms with Crippen molar-refractivity contribution in [2.75, 3.05) is 0 Å². The molecule has 0 fully saturated rings. The molecule has 0 saturated heterocycles. The Morgan fingerprint density at radius 3 is 2.21 bits per heavy atom. The van der Waals surface area contributed by atoms with Crippen LogP contribution in [0.25, 0.3) is 11.3 Å². The summed E-state index contributed by atoms with van der Waals surface area (Å²) >= 11 is 12.1. The maximum Gasteiger partial charge on any atom is 0.305 e. The first-order valence-electron chi connectivity index (χ1n) is 8.92. The third-order valence-corrected chi connectivity index (χ3v) is 4.73. The lowest BCUT2D eigenvalue weighted by Crippen LogP contribution is -2.55. The SMILES string of the molecule is CC(C)(C)N(NC(=O)c1ccc(-c2ccccc2Cl)o1)C(=O)c1ccc(Cl)cc1. The fourth-order valence-electron chi connectivity index (χ4n) is 2.67. The zero-order chi connectivity index (χ0) is 21.2. The summed E-state index contributed by atoms with van der Waals surface area (Å²) in [5.74, 6) is -0.369. The minimum Gasteiger partial charge on any atom is -0.451 e. The Labute approximate surface area is 179 Å². The van der Waals surface area contributed by atoms with E-state index in [4.69, 9.17) is 27.6 Å². The van der Waals surface area contributed by atoms with Gasteiger partial charge in [-0.15, -0.1) is 0 Å². The molecule has 7 heteroatoms. The standard InChI is InChI=1S/C22H20Cl2N2O3/c1-22(2,3)26(21(28)14-8-10-15(23)11-9-14)25-20(27)19-13-12-18(29-19)16-6-4-5-7-17(16)24/h4-13H,1-3H3,(H,25,27). The maximum absolute atomic E-state index is 13.0. The van der Waals surface area contributed by atoms with E-state index >= 15 is 0 Å². The van der Waals surface area contributed by atoms with Crippen LogP contribution in [0.3, 0.4) is 0 Å². The van der Waals surface area contributed by atoms with E-state index in [9.17, 15) is 9.59 Å². The van der Waals surface area contributed by atoms with Crippen molar-refractivity contribution in [3.05, 3.63) is 82.0 Å². The van der Waals surface area contributed by atoms with Crippen molar-refractivity contribution in [2.45, 2.75) is 26.3 Å². The van der Waals surface area contributed by atoms with Crippen molar-refractivity contribution < 1.29 is 14.0 Å². The topological polar surface area (TPSA) is 62.6 Å². The molecule has 0 radical (unpaired) electrons. The van der Waals surface area contributed by atoms with Gasteiger partial charge < -0.3 is 4.42 Å². The maximum atomic E-state index is 13.0. The summed E-state index contributed by atoms with van der Waals surface area (Å²) in [6.45, 7) is 5.45. The predicted molar refractivity (Wildman–Crippen MR) is 114 cm³/mol. The van der Waals surface area contributed by atoms with Gasteiger partial charge in [-0.2, -0.15) is 0 Å². The monoisotopic (exact) mass is 430 g/mol. The molecule has 5 nitrogen and oxygen atoms in total. The lowest BCUT2D eigenvalue weighted by atomic mass is 10.1. The van der Waals surface area contributed by atoms with Gasteiger partial charge in [0.1, 0.15) is 5.76 Å². The van der Waals surface area contributed by atoms with Crippen LogP contribution in [0, 0.1) is 0 Å². The molecular weight excluding hydrogens is 411 g/mol. The molecule has 0 atom stereocenters. The quantitative estimate of drug-likeness (QED) is 0.530. The number of hydrazine groups is 1. The number of nitrogens with one attached hydrogen (secondary N) is 1. The van der Waals surface area contributed by atoms with Gasteiger partial charge in [0.05, 0.1) is 10.6 Å². The fourth-order valence-corrected chi connectivity index (χ4v) is 3.02. The van der Waals surface area contributed by atoms with Gasteiger partial charge in [0.25, 0.3) is 5.91 Å². The van der Waals surface area contributed by atoms with Crippen LogP contribution in [0.4, 0.5) is 0 Å². The summed E-state index contributed by atoms with van der Waals surface area (Å²) in [4.78, 5) is 25.7. The first kappa shape index (κ1) is 21.0. The first-order chi connectivity index (χ1) is 13.7. The molecule has 3 rings (SSSR count). The molecule has 2 aromatic carbocycles. The Bertz CT molecular complexity index is 1040. The van der Waals surface area contributed by atoms with Crippen LogP contribution in [0.2, 0.25) is 10.0 Å². The van der Waals surface area contributed by atoms with Crippen LogP contribution in [-0.2, 0) is 0 Å². The first-order valence-corrected chi connectivity index (χ1v) is 9.68. The van der Waals surface area contributed by atoms with E-state index < -0.39 is 11.4 Å². The highest BCUT2D eigenvalue weighted by molar-refractivity contribution is 6.33. The van der Waals surface area contributed by atoms with Gasteiger partial charge in [0.2, 0.25) is 0 Å². The molecule has 0 unspecified atom stereocenters. The number of halogens is 2. The van der Waals surface area contributed by atoms with E-state index in [-0.39, 0.29) is 11.7 Å². The van der Waals surface area contributed by atoms with Crippen molar-refractivity contribution in [1.29, 1.82) is 0 Å². The third kappa shape index (κ3) is 4.81. The summed E-state index contributed by atoms with van der Waals surface area (Å²) in [5, 5.41) is 2.31. The predicted octanol–water partition coefficient (Wildman–Crippen LogP) is 5.84. The average Bonchev–Trinajstić information content (AvgIpc) is 3.15. The van der Waals surface area contributed by atoms with Crippen LogP contribution in [-0.4, -0.2) is 22.4 Å². The second-order valence-corrected chi connectivity index (χ2v) is 8.25. The number of hydrogen-bond acceptors (Lipinski definition) is 3. The van der Waals surface area contributed by atoms with E-state index in [1.165, 1.54) is 5.01 Å². The van der Waals surface area contributed by atoms with Crippen molar-refractivity contribution in [3.8, 4) is 11.3 Å². The third-order valence-electron chi connectivity index (χ3n) is 4.15. The number of benzene rings is 2. The van der Waals surface area contributed by atoms with Gasteiger partial charge in [-0.1, -0.05) is 35.3 Å². The van der Waals surface area contributed by atoms with Crippen LogP contribution in [0.1, 0.15) is 41.7 Å². The van der Waals surface area contributed by atoms with Crippen molar-refractivity contribution >= 4 is 35.0 Å². The summed E-state index contributed by atoms with van der Waals surface area (Å²) in [6, 6.07) is 16.9. The average molecular weight is 431 g/mol. The van der Waals surface area contributed by atoms with E-state index in [2.05, 4.69) is 5.43 Å². The molecule has 0 aliphatic heterocycles. The second-order valence-electron chi connectivity index (χ2n) is 7.40. The van der Waals surface area contributed by atoms with Gasteiger partial charge in [0, 0.05) is 16.1 Å². The number of nitrogens with zero attached hydrogens (tertiary/aromatic N) is 1. The summed E-state index contributed by atoms with van der Waals surface area (Å²) in [5.41, 5.74) is 3.06. The largest absolute Gasteiger partial charge is 0.451 e. The van der Waals surface area contributed by atoms with E-state index in [1.54, 1.807) is 48.5 Å².